The van der Waals surface area contributed by atoms with Crippen molar-refractivity contribution in [3.63, 3.8) is 0 Å². The summed E-state index contributed by atoms with van der Waals surface area (Å²) in [6.07, 6.45) is 8.20. The molecular formula is C13H25NO. The lowest BCUT2D eigenvalue weighted by atomic mass is 9.82. The average molecular weight is 211 g/mol. The normalized spacial score (nSPS) is 34.2. The zero-order chi connectivity index (χ0) is 10.5. The molecule has 1 saturated carbocycles. The molecule has 0 bridgehead atoms. The minimum atomic E-state index is 0.732. The Morgan fingerprint density at radius 1 is 1.13 bits per heavy atom. The van der Waals surface area contributed by atoms with Gasteiger partial charge in [-0.25, -0.2) is 0 Å². The maximum atomic E-state index is 5.37. The third kappa shape index (κ3) is 3.76. The number of hydrogen-bond donors (Lipinski definition) is 1. The van der Waals surface area contributed by atoms with Gasteiger partial charge in [0.2, 0.25) is 0 Å². The lowest BCUT2D eigenvalue weighted by Crippen LogP contribution is -2.38. The predicted molar refractivity (Wildman–Crippen MR) is 63.0 cm³/mol. The van der Waals surface area contributed by atoms with Gasteiger partial charge in [0.1, 0.15) is 0 Å². The maximum Gasteiger partial charge on any atom is 0.0480 e. The fraction of sp³-hybridized carbons (Fsp3) is 1.00. The first-order valence-corrected chi connectivity index (χ1v) is 6.65. The van der Waals surface area contributed by atoms with E-state index in [1.807, 2.05) is 0 Å². The van der Waals surface area contributed by atoms with Crippen LogP contribution in [0.1, 0.15) is 45.4 Å². The second-order valence-corrected chi connectivity index (χ2v) is 5.43. The zero-order valence-corrected chi connectivity index (χ0v) is 10.0. The van der Waals surface area contributed by atoms with E-state index in [0.717, 1.165) is 31.1 Å². The van der Waals surface area contributed by atoms with Crippen molar-refractivity contribution < 1.29 is 4.74 Å². The summed E-state index contributed by atoms with van der Waals surface area (Å²) < 4.78 is 5.37. The highest BCUT2D eigenvalue weighted by atomic mass is 16.5. The third-order valence-corrected chi connectivity index (χ3v) is 3.96. The molecule has 2 heteroatoms. The van der Waals surface area contributed by atoms with Gasteiger partial charge in [0, 0.05) is 19.3 Å². The lowest BCUT2D eigenvalue weighted by molar-refractivity contribution is 0.0759. The minimum absolute atomic E-state index is 0.732. The molecule has 0 amide bonds. The molecule has 0 aromatic rings. The van der Waals surface area contributed by atoms with Crippen molar-refractivity contribution in [1.82, 2.24) is 5.32 Å². The largest absolute Gasteiger partial charge is 0.381 e. The van der Waals surface area contributed by atoms with Crippen molar-refractivity contribution in [3.05, 3.63) is 0 Å². The van der Waals surface area contributed by atoms with Crippen LogP contribution in [0.4, 0.5) is 0 Å². The quantitative estimate of drug-likeness (QED) is 0.774. The first-order chi connectivity index (χ1) is 7.34. The Kier molecular flexibility index (Phi) is 4.45. The third-order valence-electron chi connectivity index (χ3n) is 3.96. The molecule has 2 atom stereocenters. The zero-order valence-electron chi connectivity index (χ0n) is 10.0. The van der Waals surface area contributed by atoms with Gasteiger partial charge in [-0.3, -0.25) is 0 Å². The monoisotopic (exact) mass is 211 g/mol. The van der Waals surface area contributed by atoms with E-state index in [9.17, 15) is 0 Å². The van der Waals surface area contributed by atoms with Gasteiger partial charge >= 0.3 is 0 Å². The molecule has 1 heterocycles. The van der Waals surface area contributed by atoms with Crippen LogP contribution in [0, 0.1) is 11.8 Å². The van der Waals surface area contributed by atoms with Gasteiger partial charge in [-0.15, -0.1) is 0 Å². The first-order valence-electron chi connectivity index (χ1n) is 6.65. The Labute approximate surface area is 93.8 Å². The molecule has 2 aliphatic rings. The second-order valence-electron chi connectivity index (χ2n) is 5.43. The summed E-state index contributed by atoms with van der Waals surface area (Å²) >= 11 is 0. The van der Waals surface area contributed by atoms with E-state index >= 15 is 0 Å². The standard InChI is InChI=1S/C13H25NO/c1-11-3-2-4-12(9-11)10-14-13-5-7-15-8-6-13/h11-14H,2-10H2,1H3. The molecule has 1 aliphatic heterocycles. The number of hydrogen-bond acceptors (Lipinski definition) is 2. The van der Waals surface area contributed by atoms with Crippen molar-refractivity contribution in [2.45, 2.75) is 51.5 Å². The van der Waals surface area contributed by atoms with Gasteiger partial charge in [-0.1, -0.05) is 19.8 Å². The fourth-order valence-electron chi connectivity index (χ4n) is 2.98. The van der Waals surface area contributed by atoms with Gasteiger partial charge in [0.25, 0.3) is 0 Å². The molecule has 2 unspecified atom stereocenters. The number of rotatable bonds is 3. The van der Waals surface area contributed by atoms with Crippen LogP contribution < -0.4 is 5.32 Å². The Morgan fingerprint density at radius 2 is 1.93 bits per heavy atom. The summed E-state index contributed by atoms with van der Waals surface area (Å²) in [4.78, 5) is 0. The van der Waals surface area contributed by atoms with E-state index in [4.69, 9.17) is 4.74 Å². The molecule has 88 valence electrons. The Bertz CT molecular complexity index is 177. The maximum absolute atomic E-state index is 5.37. The summed E-state index contributed by atoms with van der Waals surface area (Å²) in [5.41, 5.74) is 0. The van der Waals surface area contributed by atoms with Gasteiger partial charge < -0.3 is 10.1 Å². The van der Waals surface area contributed by atoms with Gasteiger partial charge in [0.05, 0.1) is 0 Å². The Morgan fingerprint density at radius 3 is 2.67 bits per heavy atom. The molecule has 0 aromatic heterocycles. The molecular weight excluding hydrogens is 186 g/mol. The van der Waals surface area contributed by atoms with E-state index in [1.165, 1.54) is 45.1 Å². The van der Waals surface area contributed by atoms with Gasteiger partial charge in [-0.05, 0) is 44.1 Å². The molecule has 2 nitrogen and oxygen atoms in total. The van der Waals surface area contributed by atoms with E-state index in [2.05, 4.69) is 12.2 Å². The van der Waals surface area contributed by atoms with Crippen LogP contribution in [-0.4, -0.2) is 25.8 Å². The first kappa shape index (κ1) is 11.4. The van der Waals surface area contributed by atoms with Crippen LogP contribution in [0.2, 0.25) is 0 Å². The van der Waals surface area contributed by atoms with Crippen molar-refractivity contribution in [3.8, 4) is 0 Å². The van der Waals surface area contributed by atoms with Crippen LogP contribution in [-0.2, 0) is 4.74 Å². The molecule has 1 saturated heterocycles. The second kappa shape index (κ2) is 5.86. The van der Waals surface area contributed by atoms with E-state index < -0.39 is 0 Å². The molecule has 0 radical (unpaired) electrons. The van der Waals surface area contributed by atoms with Gasteiger partial charge in [0.15, 0.2) is 0 Å². The molecule has 0 aromatic carbocycles. The predicted octanol–water partition coefficient (Wildman–Crippen LogP) is 2.58. The lowest BCUT2D eigenvalue weighted by Gasteiger charge is -2.30. The number of nitrogens with one attached hydrogen (secondary N) is 1. The molecule has 2 rings (SSSR count). The molecule has 0 spiro atoms. The molecule has 2 fully saturated rings. The van der Waals surface area contributed by atoms with Crippen LogP contribution in [0.5, 0.6) is 0 Å². The summed E-state index contributed by atoms with van der Waals surface area (Å²) in [6, 6.07) is 0.732. The SMILES string of the molecule is CC1CCCC(CNC2CCOCC2)C1. The fourth-order valence-corrected chi connectivity index (χ4v) is 2.98. The number of ether oxygens (including phenoxy) is 1. The highest BCUT2D eigenvalue weighted by Crippen LogP contribution is 2.28. The summed E-state index contributed by atoms with van der Waals surface area (Å²) in [7, 11) is 0. The average Bonchev–Trinajstić information content (AvgIpc) is 2.28. The molecule has 1 aliphatic carbocycles. The smallest absolute Gasteiger partial charge is 0.0480 e. The van der Waals surface area contributed by atoms with Crippen LogP contribution in [0.25, 0.3) is 0 Å². The summed E-state index contributed by atoms with van der Waals surface area (Å²) in [6.45, 7) is 5.56. The van der Waals surface area contributed by atoms with E-state index in [1.54, 1.807) is 0 Å². The highest BCUT2D eigenvalue weighted by Gasteiger charge is 2.20. The van der Waals surface area contributed by atoms with Crippen LogP contribution in [0.3, 0.4) is 0 Å². The van der Waals surface area contributed by atoms with Crippen LogP contribution in [0.15, 0.2) is 0 Å². The van der Waals surface area contributed by atoms with E-state index in [0.29, 0.717) is 0 Å². The van der Waals surface area contributed by atoms with Crippen molar-refractivity contribution in [2.24, 2.45) is 11.8 Å². The Balaban J connectivity index is 1.63. The van der Waals surface area contributed by atoms with Crippen molar-refractivity contribution >= 4 is 0 Å². The molecule has 15 heavy (non-hydrogen) atoms. The van der Waals surface area contributed by atoms with Crippen molar-refractivity contribution in [2.75, 3.05) is 19.8 Å². The summed E-state index contributed by atoms with van der Waals surface area (Å²) in [5.74, 6) is 1.90. The van der Waals surface area contributed by atoms with Gasteiger partial charge in [-0.2, -0.15) is 0 Å². The van der Waals surface area contributed by atoms with Crippen LogP contribution >= 0.6 is 0 Å². The highest BCUT2D eigenvalue weighted by molar-refractivity contribution is 4.76. The molecule has 1 N–H and O–H groups in total. The Hall–Kier alpha value is -0.0800. The van der Waals surface area contributed by atoms with E-state index in [-0.39, 0.29) is 0 Å². The van der Waals surface area contributed by atoms with Crippen molar-refractivity contribution in [1.29, 1.82) is 0 Å². The topological polar surface area (TPSA) is 21.3 Å². The summed E-state index contributed by atoms with van der Waals surface area (Å²) in [5, 5.41) is 3.73. The minimum Gasteiger partial charge on any atom is -0.381 e.